The molecule has 0 saturated heterocycles. The van der Waals surface area contributed by atoms with Gasteiger partial charge in [-0.25, -0.2) is 8.42 Å². The van der Waals surface area contributed by atoms with Crippen molar-refractivity contribution in [3.8, 4) is 0 Å². The van der Waals surface area contributed by atoms with E-state index in [2.05, 4.69) is 0 Å². The standard InChI is InChI=1S/C4H6F2O3S/c1-3(7)4(5,6)10(2,8)9/h1-2H3. The smallest absolute Gasteiger partial charge is 0.292 e. The highest BCUT2D eigenvalue weighted by Crippen LogP contribution is 2.20. The van der Waals surface area contributed by atoms with E-state index in [9.17, 15) is 22.0 Å². The topological polar surface area (TPSA) is 51.2 Å². The van der Waals surface area contributed by atoms with Gasteiger partial charge in [-0.05, 0) is 0 Å². The number of alkyl halides is 2. The van der Waals surface area contributed by atoms with Gasteiger partial charge in [0.1, 0.15) is 0 Å². The number of sulfone groups is 1. The SMILES string of the molecule is CC(=O)C(F)(F)S(C)(=O)=O. The zero-order chi connectivity index (χ0) is 8.58. The third-order valence-corrected chi connectivity index (χ3v) is 2.09. The average molecular weight is 172 g/mol. The zero-order valence-electron chi connectivity index (χ0n) is 5.39. The molecule has 0 unspecified atom stereocenters. The van der Waals surface area contributed by atoms with E-state index >= 15 is 0 Å². The van der Waals surface area contributed by atoms with Crippen LogP contribution < -0.4 is 0 Å². The van der Waals surface area contributed by atoms with Gasteiger partial charge in [-0.15, -0.1) is 0 Å². The number of Topliss-reactive ketones (excluding diaryl/α,β-unsaturated/α-hetero) is 1. The number of hydrogen-bond acceptors (Lipinski definition) is 3. The first kappa shape index (κ1) is 9.48. The van der Waals surface area contributed by atoms with E-state index in [1.807, 2.05) is 0 Å². The first-order valence-electron chi connectivity index (χ1n) is 2.28. The Labute approximate surface area is 57.0 Å². The van der Waals surface area contributed by atoms with E-state index in [1.165, 1.54) is 0 Å². The summed E-state index contributed by atoms with van der Waals surface area (Å²) in [7, 11) is -4.58. The van der Waals surface area contributed by atoms with Crippen molar-refractivity contribution in [1.82, 2.24) is 0 Å². The van der Waals surface area contributed by atoms with Crippen molar-refractivity contribution in [3.63, 3.8) is 0 Å². The largest absolute Gasteiger partial charge is 0.401 e. The molecule has 0 aliphatic rings. The number of ketones is 1. The fourth-order valence-corrected chi connectivity index (χ4v) is 0.783. The Hall–Kier alpha value is -0.520. The van der Waals surface area contributed by atoms with Crippen LogP contribution in [-0.4, -0.2) is 25.7 Å². The van der Waals surface area contributed by atoms with E-state index in [0.717, 1.165) is 0 Å². The lowest BCUT2D eigenvalue weighted by Crippen LogP contribution is -2.35. The predicted molar refractivity (Wildman–Crippen MR) is 30.5 cm³/mol. The lowest BCUT2D eigenvalue weighted by Gasteiger charge is -2.08. The summed E-state index contributed by atoms with van der Waals surface area (Å²) in [6.45, 7) is 0.529. The summed E-state index contributed by atoms with van der Waals surface area (Å²) in [4.78, 5) is 9.98. The number of hydrogen-bond donors (Lipinski definition) is 0. The highest BCUT2D eigenvalue weighted by molar-refractivity contribution is 7.92. The first-order chi connectivity index (χ1) is 4.19. The molecule has 0 bridgehead atoms. The molecule has 0 radical (unpaired) electrons. The Morgan fingerprint density at radius 2 is 1.70 bits per heavy atom. The van der Waals surface area contributed by atoms with Crippen molar-refractivity contribution < 1.29 is 22.0 Å². The average Bonchev–Trinajstić information content (AvgIpc) is 1.62. The third-order valence-electron chi connectivity index (χ3n) is 0.876. The van der Waals surface area contributed by atoms with Gasteiger partial charge in [0, 0.05) is 13.2 Å². The quantitative estimate of drug-likeness (QED) is 0.598. The maximum Gasteiger partial charge on any atom is 0.401 e. The fraction of sp³-hybridized carbons (Fsp3) is 0.750. The molecule has 0 aromatic heterocycles. The molecule has 6 heteroatoms. The van der Waals surface area contributed by atoms with E-state index in [4.69, 9.17) is 0 Å². The Bertz CT molecular complexity index is 241. The zero-order valence-corrected chi connectivity index (χ0v) is 6.21. The van der Waals surface area contributed by atoms with Crippen molar-refractivity contribution in [2.24, 2.45) is 0 Å². The summed E-state index contributed by atoms with van der Waals surface area (Å²) >= 11 is 0. The molecule has 0 N–H and O–H groups in total. The minimum atomic E-state index is -4.58. The van der Waals surface area contributed by atoms with Gasteiger partial charge in [-0.1, -0.05) is 0 Å². The van der Waals surface area contributed by atoms with Crippen LogP contribution in [-0.2, 0) is 14.6 Å². The molecule has 0 aromatic rings. The lowest BCUT2D eigenvalue weighted by molar-refractivity contribution is -0.130. The Morgan fingerprint density at radius 3 is 1.70 bits per heavy atom. The monoisotopic (exact) mass is 172 g/mol. The molecule has 0 saturated carbocycles. The molecule has 0 rings (SSSR count). The van der Waals surface area contributed by atoms with Crippen LogP contribution in [0.3, 0.4) is 0 Å². The van der Waals surface area contributed by atoms with Gasteiger partial charge in [0.25, 0.3) is 0 Å². The summed E-state index contributed by atoms with van der Waals surface area (Å²) in [5.74, 6) is -1.66. The molecule has 0 aliphatic heterocycles. The number of carbonyl (C=O) groups excluding carboxylic acids is 1. The second-order valence-corrected chi connectivity index (χ2v) is 3.90. The molecule has 0 amide bonds. The molecule has 0 heterocycles. The molecule has 0 spiro atoms. The van der Waals surface area contributed by atoms with Crippen LogP contribution in [0, 0.1) is 0 Å². The molecule has 10 heavy (non-hydrogen) atoms. The van der Waals surface area contributed by atoms with Crippen LogP contribution in [0.25, 0.3) is 0 Å². The highest BCUT2D eigenvalue weighted by Gasteiger charge is 2.46. The van der Waals surface area contributed by atoms with Crippen molar-refractivity contribution in [1.29, 1.82) is 0 Å². The second-order valence-electron chi connectivity index (χ2n) is 1.85. The molecule has 0 aromatic carbocycles. The van der Waals surface area contributed by atoms with Gasteiger partial charge in [0.15, 0.2) is 0 Å². The summed E-state index contributed by atoms with van der Waals surface area (Å²) in [5.41, 5.74) is 0. The summed E-state index contributed by atoms with van der Waals surface area (Å²) in [6.07, 6.45) is 0.314. The first-order valence-corrected chi connectivity index (χ1v) is 4.17. The Balaban J connectivity index is 4.95. The van der Waals surface area contributed by atoms with Gasteiger partial charge in [-0.2, -0.15) is 8.78 Å². The van der Waals surface area contributed by atoms with Crippen LogP contribution in [0.1, 0.15) is 6.92 Å². The maximum atomic E-state index is 12.1. The van der Waals surface area contributed by atoms with Crippen LogP contribution in [0.2, 0.25) is 0 Å². The minimum Gasteiger partial charge on any atom is -0.292 e. The molecule has 0 atom stereocenters. The molecule has 0 aliphatic carbocycles. The fourth-order valence-electron chi connectivity index (χ4n) is 0.261. The summed E-state index contributed by atoms with van der Waals surface area (Å²) in [6, 6.07) is 0. The maximum absolute atomic E-state index is 12.1. The van der Waals surface area contributed by atoms with Gasteiger partial charge in [0.05, 0.1) is 0 Å². The van der Waals surface area contributed by atoms with Crippen LogP contribution in [0.15, 0.2) is 0 Å². The van der Waals surface area contributed by atoms with Gasteiger partial charge in [0.2, 0.25) is 15.6 Å². The number of carbonyl (C=O) groups is 1. The molecular weight excluding hydrogens is 166 g/mol. The van der Waals surface area contributed by atoms with Crippen molar-refractivity contribution >= 4 is 15.6 Å². The van der Waals surface area contributed by atoms with Crippen molar-refractivity contribution in [2.75, 3.05) is 6.26 Å². The second kappa shape index (κ2) is 2.26. The van der Waals surface area contributed by atoms with Crippen molar-refractivity contribution in [3.05, 3.63) is 0 Å². The molecule has 0 fully saturated rings. The predicted octanol–water partition coefficient (Wildman–Crippen LogP) is 0.213. The normalized spacial score (nSPS) is 13.2. The summed E-state index contributed by atoms with van der Waals surface area (Å²) < 4.78 is 44.5. The summed E-state index contributed by atoms with van der Waals surface area (Å²) in [5, 5.41) is -4.23. The van der Waals surface area contributed by atoms with Gasteiger partial charge in [-0.3, -0.25) is 4.79 Å². The van der Waals surface area contributed by atoms with E-state index in [1.54, 1.807) is 0 Å². The van der Waals surface area contributed by atoms with E-state index in [0.29, 0.717) is 13.2 Å². The highest BCUT2D eigenvalue weighted by atomic mass is 32.2. The number of rotatable bonds is 2. The third kappa shape index (κ3) is 1.50. The Morgan fingerprint density at radius 1 is 1.40 bits per heavy atom. The van der Waals surface area contributed by atoms with E-state index in [-0.39, 0.29) is 0 Å². The van der Waals surface area contributed by atoms with Crippen molar-refractivity contribution in [2.45, 2.75) is 12.2 Å². The van der Waals surface area contributed by atoms with Crippen LogP contribution >= 0.6 is 0 Å². The van der Waals surface area contributed by atoms with Gasteiger partial charge >= 0.3 is 5.25 Å². The van der Waals surface area contributed by atoms with Gasteiger partial charge < -0.3 is 0 Å². The van der Waals surface area contributed by atoms with E-state index < -0.39 is 20.9 Å². The lowest BCUT2D eigenvalue weighted by atomic mass is 10.5. The minimum absolute atomic E-state index is 0.314. The molecular formula is C4H6F2O3S. The Kier molecular flexibility index (Phi) is 2.15. The van der Waals surface area contributed by atoms with Crippen LogP contribution in [0.4, 0.5) is 8.78 Å². The molecule has 3 nitrogen and oxygen atoms in total. The molecule has 60 valence electrons. The van der Waals surface area contributed by atoms with Crippen LogP contribution in [0.5, 0.6) is 0 Å². The number of halogens is 2.